The number of fused-ring (bicyclic) bond motifs is 1. The van der Waals surface area contributed by atoms with E-state index < -0.39 is 5.60 Å². The van der Waals surface area contributed by atoms with Crippen LogP contribution in [0.4, 0.5) is 0 Å². The lowest BCUT2D eigenvalue weighted by molar-refractivity contribution is 0.156. The van der Waals surface area contributed by atoms with Gasteiger partial charge in [0, 0.05) is 24.0 Å². The maximum atomic E-state index is 12.0. The van der Waals surface area contributed by atoms with Crippen LogP contribution in [0.15, 0.2) is 47.9 Å². The number of hydrogen-bond donors (Lipinski definition) is 0. The van der Waals surface area contributed by atoms with Crippen molar-refractivity contribution in [2.75, 3.05) is 0 Å². The second-order valence-electron chi connectivity index (χ2n) is 4.90. The third kappa shape index (κ3) is 2.03. The molecule has 1 aliphatic heterocycles. The molecule has 0 aromatic carbocycles. The van der Waals surface area contributed by atoms with E-state index in [0.717, 1.165) is 11.3 Å². The summed E-state index contributed by atoms with van der Waals surface area (Å²) in [5, 5.41) is 0. The number of pyridine rings is 1. The van der Waals surface area contributed by atoms with Crippen molar-refractivity contribution < 1.29 is 4.74 Å². The summed E-state index contributed by atoms with van der Waals surface area (Å²) >= 11 is 0. The molecule has 5 heteroatoms. The van der Waals surface area contributed by atoms with Crippen LogP contribution >= 0.6 is 0 Å². The summed E-state index contributed by atoms with van der Waals surface area (Å²) in [5.41, 5.74) is 0.985. The minimum atomic E-state index is -0.499. The Kier molecular flexibility index (Phi) is 2.48. The minimum absolute atomic E-state index is 0.123. The predicted octanol–water partition coefficient (Wildman–Crippen LogP) is 1.70. The average molecular weight is 255 g/mol. The van der Waals surface area contributed by atoms with Gasteiger partial charge in [-0.25, -0.2) is 4.98 Å². The predicted molar refractivity (Wildman–Crippen MR) is 70.8 cm³/mol. The molecule has 0 bridgehead atoms. The van der Waals surface area contributed by atoms with Crippen molar-refractivity contribution in [3.63, 3.8) is 0 Å². The second kappa shape index (κ2) is 4.05. The van der Waals surface area contributed by atoms with E-state index in [1.54, 1.807) is 12.4 Å². The van der Waals surface area contributed by atoms with E-state index in [1.165, 1.54) is 23.2 Å². The number of rotatable bonds is 1. The first-order valence-electron chi connectivity index (χ1n) is 5.96. The molecule has 19 heavy (non-hydrogen) atoms. The Morgan fingerprint density at radius 1 is 1.21 bits per heavy atom. The van der Waals surface area contributed by atoms with Crippen LogP contribution in [0.2, 0.25) is 0 Å². The van der Waals surface area contributed by atoms with Gasteiger partial charge >= 0.3 is 0 Å². The molecule has 0 saturated heterocycles. The van der Waals surface area contributed by atoms with Gasteiger partial charge in [0.05, 0.1) is 11.9 Å². The lowest BCUT2D eigenvalue weighted by atomic mass is 10.0. The molecule has 2 aromatic rings. The average Bonchev–Trinajstić information content (AvgIpc) is 2.37. The van der Waals surface area contributed by atoms with Crippen molar-refractivity contribution in [3.8, 4) is 5.75 Å². The van der Waals surface area contributed by atoms with Gasteiger partial charge in [0.25, 0.3) is 5.56 Å². The maximum Gasteiger partial charge on any atom is 0.257 e. The largest absolute Gasteiger partial charge is 0.481 e. The molecule has 2 aromatic heterocycles. The van der Waals surface area contributed by atoms with E-state index in [2.05, 4.69) is 9.97 Å². The van der Waals surface area contributed by atoms with Gasteiger partial charge in [-0.15, -0.1) is 0 Å². The van der Waals surface area contributed by atoms with Gasteiger partial charge in [-0.2, -0.15) is 0 Å². The lowest BCUT2D eigenvalue weighted by Crippen LogP contribution is -2.32. The van der Waals surface area contributed by atoms with Crippen LogP contribution in [0.1, 0.15) is 19.4 Å². The Balaban J connectivity index is 2.27. The fourth-order valence-corrected chi connectivity index (χ4v) is 2.12. The van der Waals surface area contributed by atoms with Crippen molar-refractivity contribution in [2.45, 2.75) is 19.4 Å². The first-order valence-corrected chi connectivity index (χ1v) is 5.96. The molecule has 0 N–H and O–H groups in total. The summed E-state index contributed by atoms with van der Waals surface area (Å²) in [6, 6.07) is 3.26. The molecule has 5 nitrogen and oxygen atoms in total. The molecule has 0 saturated carbocycles. The molecule has 1 aliphatic rings. The topological polar surface area (TPSA) is 57.0 Å². The highest BCUT2D eigenvalue weighted by atomic mass is 16.5. The van der Waals surface area contributed by atoms with Gasteiger partial charge < -0.3 is 4.74 Å². The number of hydrogen-bond acceptors (Lipinski definition) is 4. The molecule has 0 unspecified atom stereocenters. The van der Waals surface area contributed by atoms with Gasteiger partial charge in [0.2, 0.25) is 0 Å². The van der Waals surface area contributed by atoms with E-state index in [1.807, 2.05) is 26.0 Å². The van der Waals surface area contributed by atoms with Gasteiger partial charge in [-0.05, 0) is 26.0 Å². The summed E-state index contributed by atoms with van der Waals surface area (Å²) in [6.45, 7) is 3.87. The Labute approximate surface area is 110 Å². The van der Waals surface area contributed by atoms with Gasteiger partial charge in [0.1, 0.15) is 17.7 Å². The Morgan fingerprint density at radius 2 is 2.00 bits per heavy atom. The highest BCUT2D eigenvalue weighted by Gasteiger charge is 2.27. The van der Waals surface area contributed by atoms with Crippen molar-refractivity contribution in [3.05, 3.63) is 59.0 Å². The highest BCUT2D eigenvalue weighted by Crippen LogP contribution is 2.35. The normalized spacial score (nSPS) is 16.2. The van der Waals surface area contributed by atoms with Gasteiger partial charge in [0.15, 0.2) is 0 Å². The summed E-state index contributed by atoms with van der Waals surface area (Å²) in [6.07, 6.45) is 8.25. The zero-order valence-corrected chi connectivity index (χ0v) is 10.7. The fraction of sp³-hybridized carbons (Fsp3) is 0.214. The molecule has 0 fully saturated rings. The van der Waals surface area contributed by atoms with Crippen LogP contribution in [0.5, 0.6) is 5.75 Å². The van der Waals surface area contributed by atoms with Gasteiger partial charge in [-0.3, -0.25) is 14.3 Å². The minimum Gasteiger partial charge on any atom is -0.481 e. The summed E-state index contributed by atoms with van der Waals surface area (Å²) in [4.78, 5) is 20.0. The zero-order valence-electron chi connectivity index (χ0n) is 10.7. The molecule has 0 aliphatic carbocycles. The van der Waals surface area contributed by atoms with E-state index in [9.17, 15) is 4.79 Å². The number of ether oxygens (including phenoxy) is 1. The number of aromatic nitrogens is 3. The molecule has 0 spiro atoms. The quantitative estimate of drug-likeness (QED) is 0.778. The first-order chi connectivity index (χ1) is 9.07. The first kappa shape index (κ1) is 11.6. The molecule has 0 radical (unpaired) electrons. The standard InChI is InChI=1S/C14H13N3O2/c1-14(2)7-11(17-9-16-6-4-13(17)18)10-3-5-15-8-12(10)19-14/h3-9H,1-2H3. The SMILES string of the molecule is CC1(C)C=C(n2cnccc2=O)c2ccncc2O1. The second-order valence-corrected chi connectivity index (χ2v) is 4.90. The fourth-order valence-electron chi connectivity index (χ4n) is 2.12. The van der Waals surface area contributed by atoms with Crippen molar-refractivity contribution in [2.24, 2.45) is 0 Å². The third-order valence-corrected chi connectivity index (χ3v) is 2.90. The molecule has 3 rings (SSSR count). The van der Waals surface area contributed by atoms with Crippen LogP contribution in [-0.4, -0.2) is 20.1 Å². The smallest absolute Gasteiger partial charge is 0.257 e. The summed E-state index contributed by atoms with van der Waals surface area (Å²) in [5.74, 6) is 0.667. The molecule has 0 atom stereocenters. The maximum absolute atomic E-state index is 12.0. The molecular formula is C14H13N3O2. The van der Waals surface area contributed by atoms with Crippen molar-refractivity contribution in [1.82, 2.24) is 14.5 Å². The van der Waals surface area contributed by atoms with Crippen LogP contribution in [0, 0.1) is 0 Å². The monoisotopic (exact) mass is 255 g/mol. The summed E-state index contributed by atoms with van der Waals surface area (Å²) < 4.78 is 7.35. The summed E-state index contributed by atoms with van der Waals surface area (Å²) in [7, 11) is 0. The van der Waals surface area contributed by atoms with Crippen LogP contribution in [-0.2, 0) is 0 Å². The van der Waals surface area contributed by atoms with Crippen LogP contribution in [0.25, 0.3) is 5.70 Å². The Morgan fingerprint density at radius 3 is 2.79 bits per heavy atom. The highest BCUT2D eigenvalue weighted by molar-refractivity contribution is 5.72. The zero-order chi connectivity index (χ0) is 13.5. The Bertz CT molecular complexity index is 716. The van der Waals surface area contributed by atoms with E-state index >= 15 is 0 Å². The van der Waals surface area contributed by atoms with Crippen molar-refractivity contribution in [1.29, 1.82) is 0 Å². The number of nitrogens with zero attached hydrogens (tertiary/aromatic N) is 3. The third-order valence-electron chi connectivity index (χ3n) is 2.90. The molecule has 0 amide bonds. The van der Waals surface area contributed by atoms with Crippen molar-refractivity contribution >= 4 is 5.70 Å². The Hall–Kier alpha value is -2.43. The van der Waals surface area contributed by atoms with Gasteiger partial charge in [-0.1, -0.05) is 0 Å². The van der Waals surface area contributed by atoms with E-state index in [0.29, 0.717) is 5.75 Å². The lowest BCUT2D eigenvalue weighted by Gasteiger charge is -2.30. The van der Waals surface area contributed by atoms with Crippen LogP contribution in [0.3, 0.4) is 0 Å². The molecule has 96 valence electrons. The molecule has 3 heterocycles. The van der Waals surface area contributed by atoms with E-state index in [4.69, 9.17) is 4.74 Å². The van der Waals surface area contributed by atoms with Crippen LogP contribution < -0.4 is 10.3 Å². The van der Waals surface area contributed by atoms with E-state index in [-0.39, 0.29) is 5.56 Å². The molecular weight excluding hydrogens is 242 g/mol.